The molecule has 34 heavy (non-hydrogen) atoms. The number of hydrogen-bond donors (Lipinski definition) is 0. The number of benzene rings is 1. The van der Waals surface area contributed by atoms with Gasteiger partial charge in [-0.2, -0.15) is 0 Å². The second-order valence-corrected chi connectivity index (χ2v) is 19.8. The first-order chi connectivity index (χ1) is 16.7. The van der Waals surface area contributed by atoms with Gasteiger partial charge in [0.15, 0.2) is 0 Å². The van der Waals surface area contributed by atoms with Crippen molar-refractivity contribution in [3.05, 3.63) is 35.9 Å². The average Bonchev–Trinajstić information content (AvgIpc) is 2.85. The summed E-state index contributed by atoms with van der Waals surface area (Å²) in [5, 5.41) is 0. The summed E-state index contributed by atoms with van der Waals surface area (Å²) in [5.74, 6) is 0. The molecule has 0 spiro atoms. The first kappa shape index (κ1) is 32.0. The van der Waals surface area contributed by atoms with Crippen LogP contribution in [-0.4, -0.2) is 19.8 Å². The van der Waals surface area contributed by atoms with Crippen LogP contribution in [0.3, 0.4) is 0 Å². The van der Waals surface area contributed by atoms with Crippen molar-refractivity contribution in [2.24, 2.45) is 0 Å². The molecule has 0 fully saturated rings. The van der Waals surface area contributed by atoms with E-state index in [1.54, 1.807) is 5.56 Å². The van der Waals surface area contributed by atoms with Gasteiger partial charge in [-0.3, -0.25) is 0 Å². The number of hydrogen-bond acceptors (Lipinski definition) is 0. The van der Waals surface area contributed by atoms with Crippen LogP contribution in [-0.2, 0) is 3.43 Å². The minimum atomic E-state index is -1.45. The quantitative estimate of drug-likeness (QED) is 0.0848. The predicted molar refractivity (Wildman–Crippen MR) is 159 cm³/mol. The summed E-state index contributed by atoms with van der Waals surface area (Å²) in [6, 6.07) is 11.8. The first-order valence-electron chi connectivity index (χ1n) is 15.5. The van der Waals surface area contributed by atoms with E-state index in [4.69, 9.17) is 0 Å². The van der Waals surface area contributed by atoms with Crippen molar-refractivity contribution in [3.8, 4) is 0 Å². The van der Waals surface area contributed by atoms with E-state index in [0.717, 1.165) is 0 Å². The second kappa shape index (κ2) is 22.2. The van der Waals surface area contributed by atoms with Gasteiger partial charge in [0.2, 0.25) is 0 Å². The number of unbranched alkanes of at least 4 members (excludes halogenated alkanes) is 18. The Balaban J connectivity index is 2.39. The molecule has 0 aliphatic rings. The van der Waals surface area contributed by atoms with Crippen LogP contribution in [0.25, 0.3) is 0 Å². The van der Waals surface area contributed by atoms with Gasteiger partial charge in [-0.05, 0) is 0 Å². The molecule has 0 saturated heterocycles. The van der Waals surface area contributed by atoms with Gasteiger partial charge in [-0.1, -0.05) is 13.8 Å². The summed E-state index contributed by atoms with van der Waals surface area (Å²) in [4.78, 5) is 5.36. The zero-order valence-corrected chi connectivity index (χ0v) is 26.8. The Labute approximate surface area is 223 Å². The normalized spacial score (nSPS) is 12.0. The first-order valence-corrected chi connectivity index (χ1v) is 22.7. The van der Waals surface area contributed by atoms with Gasteiger partial charge >= 0.3 is 210 Å². The van der Waals surface area contributed by atoms with Crippen LogP contribution >= 0.6 is 0 Å². The molecule has 0 nitrogen and oxygen atoms in total. The van der Waals surface area contributed by atoms with E-state index in [0.29, 0.717) is 3.43 Å². The van der Waals surface area contributed by atoms with Crippen molar-refractivity contribution >= 4 is 19.8 Å². The third kappa shape index (κ3) is 14.5. The van der Waals surface area contributed by atoms with Crippen LogP contribution in [0.2, 0.25) is 9.88 Å². The number of rotatable bonds is 24. The monoisotopic (exact) mass is 577 g/mol. The molecule has 0 bridgehead atoms. The Morgan fingerprint density at radius 1 is 0.471 bits per heavy atom. The molecule has 0 aliphatic heterocycles. The molecule has 197 valence electrons. The van der Waals surface area contributed by atoms with Gasteiger partial charge in [0.05, 0.1) is 0 Å². The van der Waals surface area contributed by atoms with Crippen LogP contribution < -0.4 is 0 Å². The van der Waals surface area contributed by atoms with Crippen LogP contribution in [0.1, 0.15) is 161 Å². The van der Waals surface area contributed by atoms with Crippen molar-refractivity contribution in [1.29, 1.82) is 0 Å². The standard InChI is InChI=1S/C31H55.2CH3.Sn/c1-3-5-7-9-11-13-15-17-19-22-26-30(31-28-24-21-25-29-31)27-23-20-18-16-14-12-10-8-6-4-2;;;/h21,24-25,28-29H,3-20,22-23,26-27H2,1-2H3;2*1H3;. The van der Waals surface area contributed by atoms with Gasteiger partial charge in [0.1, 0.15) is 0 Å². The summed E-state index contributed by atoms with van der Waals surface area (Å²) in [7, 11) is 0. The van der Waals surface area contributed by atoms with E-state index >= 15 is 0 Å². The Bertz CT molecular complexity index is 511. The van der Waals surface area contributed by atoms with Gasteiger partial charge in [0.25, 0.3) is 0 Å². The SMILES string of the molecule is CCCCCCCCCCCC[C](CCCCCCCCCCCC)(c1ccccc1)[Sn]([CH3])[CH3]. The predicted octanol–water partition coefficient (Wildman–Crippen LogP) is 11.8. The summed E-state index contributed by atoms with van der Waals surface area (Å²) < 4.78 is 0.573. The van der Waals surface area contributed by atoms with E-state index in [9.17, 15) is 0 Å². The van der Waals surface area contributed by atoms with Gasteiger partial charge < -0.3 is 0 Å². The molecule has 1 heteroatoms. The fraction of sp³-hybridized carbons (Fsp3) is 0.818. The molecule has 1 aromatic carbocycles. The molecule has 0 saturated carbocycles. The molecule has 0 heterocycles. The van der Waals surface area contributed by atoms with Crippen LogP contribution in [0.4, 0.5) is 0 Å². The molecule has 1 aromatic rings. The van der Waals surface area contributed by atoms with Gasteiger partial charge in [-0.15, -0.1) is 0 Å². The summed E-state index contributed by atoms with van der Waals surface area (Å²) in [6.07, 6.45) is 31.9. The van der Waals surface area contributed by atoms with Crippen molar-refractivity contribution < 1.29 is 0 Å². The molecule has 0 aliphatic carbocycles. The molecule has 0 amide bonds. The zero-order chi connectivity index (χ0) is 24.7. The third-order valence-electron chi connectivity index (χ3n) is 8.20. The topological polar surface area (TPSA) is 0 Å². The maximum atomic E-state index is 2.68. The molecular weight excluding hydrogens is 515 g/mol. The summed E-state index contributed by atoms with van der Waals surface area (Å²) in [6.45, 7) is 4.63. The van der Waals surface area contributed by atoms with E-state index in [1.807, 2.05) is 0 Å². The maximum absolute atomic E-state index is 2.68. The Hall–Kier alpha value is 0.0187. The molecular formula is C33H61Sn. The van der Waals surface area contributed by atoms with Crippen LogP contribution in [0.5, 0.6) is 0 Å². The second-order valence-electron chi connectivity index (χ2n) is 11.3. The van der Waals surface area contributed by atoms with E-state index in [-0.39, 0.29) is 0 Å². The Morgan fingerprint density at radius 3 is 1.12 bits per heavy atom. The van der Waals surface area contributed by atoms with Crippen molar-refractivity contribution in [2.75, 3.05) is 0 Å². The molecule has 1 rings (SSSR count). The fourth-order valence-corrected chi connectivity index (χ4v) is 11.8. The van der Waals surface area contributed by atoms with E-state index in [1.165, 1.54) is 141 Å². The van der Waals surface area contributed by atoms with Crippen LogP contribution in [0.15, 0.2) is 30.3 Å². The van der Waals surface area contributed by atoms with Crippen molar-refractivity contribution in [1.82, 2.24) is 0 Å². The fourth-order valence-electron chi connectivity index (χ4n) is 5.79. The molecule has 0 unspecified atom stereocenters. The minimum absolute atomic E-state index is 0.573. The van der Waals surface area contributed by atoms with Crippen molar-refractivity contribution in [3.63, 3.8) is 0 Å². The molecule has 0 aromatic heterocycles. The Morgan fingerprint density at radius 2 is 0.794 bits per heavy atom. The van der Waals surface area contributed by atoms with Gasteiger partial charge in [-0.25, -0.2) is 0 Å². The zero-order valence-electron chi connectivity index (χ0n) is 23.9. The Kier molecular flexibility index (Phi) is 21.0. The van der Waals surface area contributed by atoms with Crippen molar-refractivity contribution in [2.45, 2.75) is 168 Å². The van der Waals surface area contributed by atoms with Gasteiger partial charge in [0, 0.05) is 0 Å². The third-order valence-corrected chi connectivity index (χ3v) is 15.9. The molecule has 1 radical (unpaired) electrons. The van der Waals surface area contributed by atoms with E-state index < -0.39 is 19.8 Å². The molecule has 0 atom stereocenters. The van der Waals surface area contributed by atoms with Crippen LogP contribution in [0, 0.1) is 0 Å². The molecule has 0 N–H and O–H groups in total. The van der Waals surface area contributed by atoms with E-state index in [2.05, 4.69) is 54.1 Å². The average molecular weight is 577 g/mol. The summed E-state index contributed by atoms with van der Waals surface area (Å²) >= 11 is -1.45. The summed E-state index contributed by atoms with van der Waals surface area (Å²) in [5.41, 5.74) is 1.70.